The Hall–Kier alpha value is -2.75. The van der Waals surface area contributed by atoms with Crippen molar-refractivity contribution in [3.63, 3.8) is 0 Å². The Kier molecular flexibility index (Phi) is 3.75. The Labute approximate surface area is 147 Å². The molecule has 1 aliphatic carbocycles. The smallest absolute Gasteiger partial charge is 0.250 e. The zero-order valence-electron chi connectivity index (χ0n) is 14.9. The molecule has 0 amide bonds. The average Bonchev–Trinajstić information content (AvgIpc) is 2.99. The maximum atomic E-state index is 13.0. The standard InChI is InChI=1S/C21H22N3O/c1-4-17-15(3)23(13-16-9-7-8-14(2)12-16)21-22-18-10-5-6-11-19(18)24(21)20(17)25/h5-12,19H,4,13H2,1-3H3/q+1. The van der Waals surface area contributed by atoms with Gasteiger partial charge in [-0.2, -0.15) is 4.57 Å². The van der Waals surface area contributed by atoms with Crippen molar-refractivity contribution in [2.75, 3.05) is 0 Å². The molecule has 2 heterocycles. The number of hydrogen-bond acceptors (Lipinski definition) is 2. The van der Waals surface area contributed by atoms with Crippen LogP contribution < -0.4 is 10.1 Å². The van der Waals surface area contributed by atoms with Gasteiger partial charge in [0.2, 0.25) is 0 Å². The molecule has 2 aliphatic rings. The predicted octanol–water partition coefficient (Wildman–Crippen LogP) is 3.12. The topological polar surface area (TPSA) is 38.2 Å². The highest BCUT2D eigenvalue weighted by Crippen LogP contribution is 2.28. The summed E-state index contributed by atoms with van der Waals surface area (Å²) in [7, 11) is 0. The lowest BCUT2D eigenvalue weighted by Crippen LogP contribution is -2.46. The number of allylic oxidation sites excluding steroid dienone is 4. The second-order valence-electron chi connectivity index (χ2n) is 6.69. The van der Waals surface area contributed by atoms with E-state index in [1.165, 1.54) is 11.1 Å². The van der Waals surface area contributed by atoms with Crippen LogP contribution in [0.5, 0.6) is 0 Å². The third-order valence-electron chi connectivity index (χ3n) is 5.03. The first-order valence-corrected chi connectivity index (χ1v) is 8.77. The second-order valence-corrected chi connectivity index (χ2v) is 6.69. The number of aromatic nitrogens is 2. The molecule has 0 N–H and O–H groups in total. The summed E-state index contributed by atoms with van der Waals surface area (Å²) in [5.41, 5.74) is 5.36. The number of fused-ring (bicyclic) bond motifs is 3. The molecule has 2 aromatic rings. The van der Waals surface area contributed by atoms with Crippen molar-refractivity contribution in [2.45, 2.75) is 39.8 Å². The maximum absolute atomic E-state index is 13.0. The first-order chi connectivity index (χ1) is 12.1. The van der Waals surface area contributed by atoms with Crippen LogP contribution in [0.4, 0.5) is 5.95 Å². The van der Waals surface area contributed by atoms with Crippen molar-refractivity contribution in [3.8, 4) is 0 Å². The van der Waals surface area contributed by atoms with E-state index in [-0.39, 0.29) is 11.6 Å². The first-order valence-electron chi connectivity index (χ1n) is 8.77. The fraction of sp³-hybridized carbons (Fsp3) is 0.286. The Morgan fingerprint density at radius 2 is 2.08 bits per heavy atom. The van der Waals surface area contributed by atoms with Crippen molar-refractivity contribution in [1.82, 2.24) is 4.57 Å². The van der Waals surface area contributed by atoms with Crippen LogP contribution in [0.1, 0.15) is 35.3 Å². The van der Waals surface area contributed by atoms with Crippen LogP contribution in [0.25, 0.3) is 0 Å². The highest BCUT2D eigenvalue weighted by Gasteiger charge is 2.38. The summed E-state index contributed by atoms with van der Waals surface area (Å²) < 4.78 is 4.03. The SMILES string of the molecule is CCc1c(C)[n+](Cc2cccc(C)c2)c2n(c1=O)C1C=CC=CC1=N2. The number of benzene rings is 1. The van der Waals surface area contributed by atoms with E-state index in [4.69, 9.17) is 4.99 Å². The Morgan fingerprint density at radius 3 is 2.84 bits per heavy atom. The van der Waals surface area contributed by atoms with Gasteiger partial charge in [0.05, 0.1) is 17.8 Å². The molecule has 25 heavy (non-hydrogen) atoms. The number of nitrogens with zero attached hydrogens (tertiary/aromatic N) is 3. The fourth-order valence-corrected chi connectivity index (χ4v) is 3.75. The third-order valence-corrected chi connectivity index (χ3v) is 5.03. The highest BCUT2D eigenvalue weighted by molar-refractivity contribution is 6.03. The maximum Gasteiger partial charge on any atom is 0.403 e. The molecule has 1 aromatic carbocycles. The van der Waals surface area contributed by atoms with E-state index in [1.807, 2.05) is 42.7 Å². The largest absolute Gasteiger partial charge is 0.403 e. The van der Waals surface area contributed by atoms with Crippen LogP contribution in [-0.4, -0.2) is 10.3 Å². The lowest BCUT2D eigenvalue weighted by atomic mass is 10.1. The molecule has 1 aromatic heterocycles. The molecule has 0 saturated carbocycles. The minimum Gasteiger partial charge on any atom is -0.250 e. The summed E-state index contributed by atoms with van der Waals surface area (Å²) in [4.78, 5) is 17.8. The van der Waals surface area contributed by atoms with Gasteiger partial charge in [-0.3, -0.25) is 4.79 Å². The van der Waals surface area contributed by atoms with Gasteiger partial charge < -0.3 is 0 Å². The molecular formula is C21H22N3O+. The van der Waals surface area contributed by atoms with Gasteiger partial charge in [-0.25, -0.2) is 4.57 Å². The van der Waals surface area contributed by atoms with E-state index in [2.05, 4.69) is 35.8 Å². The van der Waals surface area contributed by atoms with E-state index >= 15 is 0 Å². The molecule has 0 saturated heterocycles. The normalized spacial score (nSPS) is 17.4. The van der Waals surface area contributed by atoms with Gasteiger partial charge >= 0.3 is 11.5 Å². The van der Waals surface area contributed by atoms with E-state index < -0.39 is 0 Å². The molecule has 1 aliphatic heterocycles. The van der Waals surface area contributed by atoms with Gasteiger partial charge in [0, 0.05) is 0 Å². The van der Waals surface area contributed by atoms with Crippen molar-refractivity contribution >= 4 is 11.7 Å². The molecule has 1 unspecified atom stereocenters. The van der Waals surface area contributed by atoms with Gasteiger partial charge in [-0.05, 0) is 38.0 Å². The van der Waals surface area contributed by atoms with Gasteiger partial charge in [-0.1, -0.05) is 53.9 Å². The summed E-state index contributed by atoms with van der Waals surface area (Å²) in [6.45, 7) is 6.89. The molecule has 0 spiro atoms. The predicted molar refractivity (Wildman–Crippen MR) is 99.7 cm³/mol. The lowest BCUT2D eigenvalue weighted by Gasteiger charge is -2.14. The van der Waals surface area contributed by atoms with Crippen LogP contribution in [0.3, 0.4) is 0 Å². The van der Waals surface area contributed by atoms with Gasteiger partial charge in [0.15, 0.2) is 11.8 Å². The summed E-state index contributed by atoms with van der Waals surface area (Å²) in [6, 6.07) is 8.41. The Balaban J connectivity index is 1.94. The number of aryl methyl sites for hydroxylation is 1. The fourth-order valence-electron chi connectivity index (χ4n) is 3.75. The van der Waals surface area contributed by atoms with Crippen LogP contribution in [0, 0.1) is 13.8 Å². The lowest BCUT2D eigenvalue weighted by molar-refractivity contribution is -0.685. The first kappa shape index (κ1) is 15.8. The Bertz CT molecular complexity index is 1010. The van der Waals surface area contributed by atoms with E-state index in [0.717, 1.165) is 29.3 Å². The monoisotopic (exact) mass is 332 g/mol. The highest BCUT2D eigenvalue weighted by atomic mass is 16.1. The quantitative estimate of drug-likeness (QED) is 0.796. The van der Waals surface area contributed by atoms with Crippen molar-refractivity contribution in [3.05, 3.63) is 81.3 Å². The summed E-state index contributed by atoms with van der Waals surface area (Å²) in [6.07, 6.45) is 8.73. The van der Waals surface area contributed by atoms with Crippen molar-refractivity contribution in [1.29, 1.82) is 0 Å². The number of hydrogen-bond donors (Lipinski definition) is 0. The van der Waals surface area contributed by atoms with Crippen LogP contribution in [0.2, 0.25) is 0 Å². The van der Waals surface area contributed by atoms with Crippen molar-refractivity contribution < 1.29 is 4.57 Å². The molecule has 4 rings (SSSR count). The summed E-state index contributed by atoms with van der Waals surface area (Å²) in [5, 5.41) is 0. The molecule has 4 nitrogen and oxygen atoms in total. The Morgan fingerprint density at radius 1 is 1.24 bits per heavy atom. The van der Waals surface area contributed by atoms with Crippen LogP contribution in [-0.2, 0) is 13.0 Å². The molecule has 1 atom stereocenters. The van der Waals surface area contributed by atoms with Crippen LogP contribution in [0.15, 0.2) is 58.4 Å². The summed E-state index contributed by atoms with van der Waals surface area (Å²) >= 11 is 0. The average molecular weight is 332 g/mol. The van der Waals surface area contributed by atoms with Gasteiger partial charge in [0.25, 0.3) is 0 Å². The molecular weight excluding hydrogens is 310 g/mol. The second kappa shape index (κ2) is 5.96. The van der Waals surface area contributed by atoms with Gasteiger partial charge in [-0.15, -0.1) is 0 Å². The van der Waals surface area contributed by atoms with Crippen LogP contribution >= 0.6 is 0 Å². The minimum atomic E-state index is -0.0813. The van der Waals surface area contributed by atoms with E-state index in [1.54, 1.807) is 0 Å². The summed E-state index contributed by atoms with van der Waals surface area (Å²) in [5.74, 6) is 0.748. The number of aliphatic imine (C=N–C) groups is 1. The minimum absolute atomic E-state index is 0.0813. The van der Waals surface area contributed by atoms with E-state index in [0.29, 0.717) is 6.54 Å². The van der Waals surface area contributed by atoms with Gasteiger partial charge in [0.1, 0.15) is 0 Å². The van der Waals surface area contributed by atoms with Crippen molar-refractivity contribution in [2.24, 2.45) is 4.99 Å². The van der Waals surface area contributed by atoms with E-state index in [9.17, 15) is 4.79 Å². The molecule has 126 valence electrons. The molecule has 0 radical (unpaired) electrons. The zero-order valence-corrected chi connectivity index (χ0v) is 14.9. The zero-order chi connectivity index (χ0) is 17.6. The molecule has 0 bridgehead atoms. The number of rotatable bonds is 3. The molecule has 0 fully saturated rings. The third kappa shape index (κ3) is 2.49. The molecule has 4 heteroatoms.